The molecule has 0 spiro atoms. The van der Waals surface area contributed by atoms with Crippen molar-refractivity contribution in [3.05, 3.63) is 52.1 Å². The highest BCUT2D eigenvalue weighted by Gasteiger charge is 2.73. The molecule has 0 aliphatic heterocycles. The highest BCUT2D eigenvalue weighted by molar-refractivity contribution is 9.10. The predicted octanol–water partition coefficient (Wildman–Crippen LogP) is 4.57. The quantitative estimate of drug-likeness (QED) is 0.450. The van der Waals surface area contributed by atoms with Crippen LogP contribution in [0.25, 0.3) is 10.9 Å². The normalized spacial score (nSPS) is 30.2. The van der Waals surface area contributed by atoms with Crippen LogP contribution < -0.4 is 5.73 Å². The van der Waals surface area contributed by atoms with Crippen molar-refractivity contribution in [3.63, 3.8) is 0 Å². The van der Waals surface area contributed by atoms with Crippen LogP contribution in [0, 0.1) is 24.2 Å². The second-order valence-corrected chi connectivity index (χ2v) is 10.3. The third-order valence-corrected chi connectivity index (χ3v) is 8.35. The summed E-state index contributed by atoms with van der Waals surface area (Å²) in [6.07, 6.45) is 3.94. The van der Waals surface area contributed by atoms with Crippen LogP contribution in [-0.2, 0) is 6.42 Å². The van der Waals surface area contributed by atoms with Gasteiger partial charge in [0.15, 0.2) is 0 Å². The number of aromatic nitrogens is 2. The Morgan fingerprint density at radius 2 is 2.12 bits per heavy atom. The number of fused-ring (bicyclic) bond motifs is 2. The van der Waals surface area contributed by atoms with Crippen LogP contribution in [0.3, 0.4) is 0 Å². The van der Waals surface area contributed by atoms with E-state index in [1.165, 1.54) is 0 Å². The first-order valence-corrected chi connectivity index (χ1v) is 11.9. The molecule has 0 amide bonds. The summed E-state index contributed by atoms with van der Waals surface area (Å²) in [4.78, 5) is 9.03. The fourth-order valence-corrected chi connectivity index (χ4v) is 6.34. The van der Waals surface area contributed by atoms with E-state index in [4.69, 9.17) is 5.73 Å². The number of aliphatic hydroxyl groups is 2. The molecule has 0 bridgehead atoms. The van der Waals surface area contributed by atoms with E-state index in [2.05, 4.69) is 55.6 Å². The van der Waals surface area contributed by atoms with Gasteiger partial charge in [0, 0.05) is 23.2 Å². The topological polar surface area (TPSA) is 96.7 Å². The molecule has 2 fully saturated rings. The molecule has 2 aliphatic carbocycles. The van der Waals surface area contributed by atoms with Gasteiger partial charge in [-0.25, -0.2) is 9.98 Å². The van der Waals surface area contributed by atoms with Crippen molar-refractivity contribution in [3.8, 4) is 0 Å². The van der Waals surface area contributed by atoms with Gasteiger partial charge in [-0.05, 0) is 83.8 Å². The molecule has 1 unspecified atom stereocenters. The monoisotopic (exact) mass is 496 g/mol. The Hall–Kier alpha value is -2.22. The zero-order valence-electron chi connectivity index (χ0n) is 18.5. The van der Waals surface area contributed by atoms with Crippen LogP contribution in [0.15, 0.2) is 46.0 Å². The van der Waals surface area contributed by atoms with Gasteiger partial charge < -0.3 is 20.5 Å². The fraction of sp³-hybridized carbons (Fsp3) is 0.440. The minimum absolute atomic E-state index is 0.157. The lowest BCUT2D eigenvalue weighted by Gasteiger charge is -2.28. The molecule has 2 aliphatic rings. The summed E-state index contributed by atoms with van der Waals surface area (Å²) in [6.45, 7) is 6.11. The van der Waals surface area contributed by atoms with Crippen LogP contribution in [0.1, 0.15) is 37.4 Å². The van der Waals surface area contributed by atoms with Gasteiger partial charge in [-0.3, -0.25) is 0 Å². The zero-order chi connectivity index (χ0) is 22.8. The van der Waals surface area contributed by atoms with E-state index in [0.717, 1.165) is 45.2 Å². The van der Waals surface area contributed by atoms with Crippen molar-refractivity contribution < 1.29 is 10.2 Å². The first-order valence-electron chi connectivity index (χ1n) is 11.1. The second kappa shape index (κ2) is 7.68. The van der Waals surface area contributed by atoms with Gasteiger partial charge >= 0.3 is 0 Å². The number of hydrogen-bond acceptors (Lipinski definition) is 5. The van der Waals surface area contributed by atoms with E-state index in [-0.39, 0.29) is 23.3 Å². The van der Waals surface area contributed by atoms with Crippen LogP contribution in [-0.4, -0.2) is 38.2 Å². The number of nitrogens with two attached hydrogens (primary N) is 1. The minimum atomic E-state index is -0.802. The lowest BCUT2D eigenvalue weighted by Crippen LogP contribution is -2.37. The summed E-state index contributed by atoms with van der Waals surface area (Å²) in [5.74, 6) is 1.78. The average Bonchev–Trinajstić information content (AvgIpc) is 3.35. The fourth-order valence-electron chi connectivity index (χ4n) is 6.00. The SMILES string of the molecule is CC=Nc1c(C)ccn1[C@H]1[C@H](O)[C@H](O)[C@]2(C(C)Cc3ccc4cc(Br)c(N)nc4c3)C[C@H]12. The maximum absolute atomic E-state index is 11.2. The summed E-state index contributed by atoms with van der Waals surface area (Å²) >= 11 is 3.44. The standard InChI is InChI=1S/C25H29BrN4O2/c1-4-28-24-13(2)7-8-30(24)20-17-12-25(17,22(32)21(20)31)14(3)9-15-5-6-16-11-18(26)23(27)29-19(16)10-15/h4-8,10-11,14,17,20-22,31-32H,9,12H2,1-3H3,(H2,27,29)/t14?,17-,20-,21+,22+,25+/m1/s1. The lowest BCUT2D eigenvalue weighted by atomic mass is 9.81. The largest absolute Gasteiger partial charge is 0.390 e. The number of pyridine rings is 1. The van der Waals surface area contributed by atoms with E-state index >= 15 is 0 Å². The lowest BCUT2D eigenvalue weighted by molar-refractivity contribution is -0.0301. The Morgan fingerprint density at radius 1 is 1.34 bits per heavy atom. The van der Waals surface area contributed by atoms with E-state index in [1.54, 1.807) is 6.21 Å². The molecule has 2 heterocycles. The Kier molecular flexibility index (Phi) is 5.19. The van der Waals surface area contributed by atoms with E-state index in [0.29, 0.717) is 5.82 Å². The highest BCUT2D eigenvalue weighted by atomic mass is 79.9. The molecule has 2 aromatic heterocycles. The van der Waals surface area contributed by atoms with Gasteiger partial charge in [0.25, 0.3) is 0 Å². The molecule has 32 heavy (non-hydrogen) atoms. The number of hydrogen-bond donors (Lipinski definition) is 3. The number of benzene rings is 1. The van der Waals surface area contributed by atoms with E-state index < -0.39 is 12.2 Å². The molecular weight excluding hydrogens is 468 g/mol. The second-order valence-electron chi connectivity index (χ2n) is 9.45. The van der Waals surface area contributed by atoms with Crippen LogP contribution in [0.4, 0.5) is 11.6 Å². The third-order valence-electron chi connectivity index (χ3n) is 7.72. The molecule has 7 heteroatoms. The maximum atomic E-state index is 11.2. The molecule has 5 rings (SSSR count). The van der Waals surface area contributed by atoms with Crippen LogP contribution in [0.2, 0.25) is 0 Å². The highest BCUT2D eigenvalue weighted by Crippen LogP contribution is 2.71. The Labute approximate surface area is 196 Å². The van der Waals surface area contributed by atoms with Crippen molar-refractivity contribution in [2.75, 3.05) is 5.73 Å². The molecule has 0 radical (unpaired) electrons. The molecule has 4 N–H and O–H groups in total. The summed E-state index contributed by atoms with van der Waals surface area (Å²) in [5, 5.41) is 23.2. The maximum Gasteiger partial charge on any atom is 0.138 e. The predicted molar refractivity (Wildman–Crippen MR) is 131 cm³/mol. The van der Waals surface area contributed by atoms with Crippen LogP contribution >= 0.6 is 15.9 Å². The number of aliphatic hydroxyl groups excluding tert-OH is 2. The van der Waals surface area contributed by atoms with Crippen molar-refractivity contribution in [1.29, 1.82) is 0 Å². The Morgan fingerprint density at radius 3 is 2.88 bits per heavy atom. The number of aryl methyl sites for hydroxylation is 1. The summed E-state index contributed by atoms with van der Waals surface area (Å²) < 4.78 is 2.86. The van der Waals surface area contributed by atoms with Crippen molar-refractivity contribution in [2.45, 2.75) is 51.9 Å². The van der Waals surface area contributed by atoms with Gasteiger partial charge in [0.2, 0.25) is 0 Å². The van der Waals surface area contributed by atoms with Gasteiger partial charge in [-0.15, -0.1) is 0 Å². The van der Waals surface area contributed by atoms with E-state index in [1.807, 2.05) is 32.2 Å². The first kappa shape index (κ1) is 21.6. The molecule has 6 atom stereocenters. The summed E-state index contributed by atoms with van der Waals surface area (Å²) in [7, 11) is 0. The Bertz CT molecular complexity index is 1220. The van der Waals surface area contributed by atoms with Crippen LogP contribution in [0.5, 0.6) is 0 Å². The smallest absolute Gasteiger partial charge is 0.138 e. The van der Waals surface area contributed by atoms with Crippen molar-refractivity contribution >= 4 is 44.7 Å². The van der Waals surface area contributed by atoms with E-state index in [9.17, 15) is 10.2 Å². The third kappa shape index (κ3) is 3.13. The summed E-state index contributed by atoms with van der Waals surface area (Å²) in [6, 6.07) is 10.1. The van der Waals surface area contributed by atoms with Gasteiger partial charge in [0.05, 0.1) is 22.1 Å². The van der Waals surface area contributed by atoms with Gasteiger partial charge in [0.1, 0.15) is 17.7 Å². The molecule has 6 nitrogen and oxygen atoms in total. The molecule has 3 aromatic rings. The zero-order valence-corrected chi connectivity index (χ0v) is 20.1. The van der Waals surface area contributed by atoms with Gasteiger partial charge in [-0.1, -0.05) is 19.1 Å². The molecule has 168 valence electrons. The van der Waals surface area contributed by atoms with Crippen molar-refractivity contribution in [2.24, 2.45) is 22.2 Å². The van der Waals surface area contributed by atoms with Gasteiger partial charge in [-0.2, -0.15) is 0 Å². The Balaban J connectivity index is 1.42. The number of nitrogens with zero attached hydrogens (tertiary/aromatic N) is 3. The van der Waals surface area contributed by atoms with Crippen molar-refractivity contribution in [1.82, 2.24) is 9.55 Å². The number of halogens is 1. The number of anilines is 1. The first-order chi connectivity index (χ1) is 15.3. The molecular formula is C25H29BrN4O2. The molecule has 2 saturated carbocycles. The number of aliphatic imine (C=N–C) groups is 1. The minimum Gasteiger partial charge on any atom is -0.390 e. The average molecular weight is 497 g/mol. The number of nitrogen functional groups attached to an aromatic ring is 1. The molecule has 1 aromatic carbocycles. The molecule has 0 saturated heterocycles. The summed E-state index contributed by atoms with van der Waals surface area (Å²) in [5.41, 5.74) is 8.80. The number of rotatable bonds is 5.